The minimum atomic E-state index is 0.378. The summed E-state index contributed by atoms with van der Waals surface area (Å²) in [5.41, 5.74) is 12.6. The van der Waals surface area contributed by atoms with Crippen molar-refractivity contribution in [1.82, 2.24) is 24.7 Å². The van der Waals surface area contributed by atoms with Gasteiger partial charge in [0.25, 0.3) is 0 Å². The van der Waals surface area contributed by atoms with E-state index in [0.29, 0.717) is 24.6 Å². The number of nitrogens with zero attached hydrogens (tertiary/aromatic N) is 6. The number of nitrogens with two attached hydrogens (primary N) is 1. The molecule has 0 saturated carbocycles. The summed E-state index contributed by atoms with van der Waals surface area (Å²) in [6, 6.07) is 17.7. The van der Waals surface area contributed by atoms with Crippen LogP contribution in [0.4, 0.5) is 11.4 Å². The average Bonchev–Trinajstić information content (AvgIpc) is 3.37. The standard InChI is InChI=1S/C27H27N7O2/c1-33-16-18(14-30-33)27-15-29-25-8-7-21(11-26(25)32-27)34(17-20-6-4-5-19(13-28)31-20)22-9-23(35-2)12-24(10-22)36-3/h4-12,14-16H,13,17,28H2,1-3H3. The smallest absolute Gasteiger partial charge is 0.124 e. The zero-order chi connectivity index (χ0) is 25.1. The van der Waals surface area contributed by atoms with Crippen LogP contribution in [0, 0.1) is 0 Å². The number of benzene rings is 2. The third-order valence-corrected chi connectivity index (χ3v) is 5.88. The summed E-state index contributed by atoms with van der Waals surface area (Å²) in [7, 11) is 5.16. The van der Waals surface area contributed by atoms with Gasteiger partial charge in [0.1, 0.15) is 11.5 Å². The fourth-order valence-electron chi connectivity index (χ4n) is 4.03. The van der Waals surface area contributed by atoms with E-state index < -0.39 is 0 Å². The van der Waals surface area contributed by atoms with Gasteiger partial charge in [0.05, 0.1) is 61.3 Å². The van der Waals surface area contributed by atoms with Crippen LogP contribution in [0.2, 0.25) is 0 Å². The van der Waals surface area contributed by atoms with Crippen LogP contribution in [0.1, 0.15) is 11.4 Å². The number of aromatic nitrogens is 5. The lowest BCUT2D eigenvalue weighted by Gasteiger charge is -2.26. The quantitative estimate of drug-likeness (QED) is 0.351. The van der Waals surface area contributed by atoms with E-state index in [1.54, 1.807) is 31.3 Å². The van der Waals surface area contributed by atoms with E-state index in [1.807, 2.05) is 67.8 Å². The Morgan fingerprint density at radius 3 is 2.33 bits per heavy atom. The topological polar surface area (TPSA) is 104 Å². The van der Waals surface area contributed by atoms with Gasteiger partial charge in [-0.25, -0.2) is 4.98 Å². The van der Waals surface area contributed by atoms with E-state index in [0.717, 1.165) is 45.1 Å². The summed E-state index contributed by atoms with van der Waals surface area (Å²) in [6.07, 6.45) is 5.47. The monoisotopic (exact) mass is 481 g/mol. The molecule has 5 aromatic rings. The van der Waals surface area contributed by atoms with Gasteiger partial charge in [-0.15, -0.1) is 0 Å². The maximum Gasteiger partial charge on any atom is 0.124 e. The summed E-state index contributed by atoms with van der Waals surface area (Å²) < 4.78 is 12.8. The molecule has 0 aliphatic heterocycles. The first-order valence-corrected chi connectivity index (χ1v) is 11.5. The Kier molecular flexibility index (Phi) is 6.46. The Morgan fingerprint density at radius 1 is 0.861 bits per heavy atom. The predicted octanol–water partition coefficient (Wildman–Crippen LogP) is 4.24. The zero-order valence-corrected chi connectivity index (χ0v) is 20.4. The van der Waals surface area contributed by atoms with Crippen LogP contribution < -0.4 is 20.1 Å². The van der Waals surface area contributed by atoms with Crippen LogP contribution in [0.25, 0.3) is 22.3 Å². The second kappa shape index (κ2) is 10.0. The molecule has 0 bridgehead atoms. The maximum atomic E-state index is 5.84. The fraction of sp³-hybridized carbons (Fsp3) is 0.185. The third kappa shape index (κ3) is 4.82. The molecule has 0 atom stereocenters. The molecule has 2 N–H and O–H groups in total. The molecule has 36 heavy (non-hydrogen) atoms. The molecule has 0 unspecified atom stereocenters. The van der Waals surface area contributed by atoms with Crippen molar-refractivity contribution >= 4 is 22.4 Å². The summed E-state index contributed by atoms with van der Waals surface area (Å²) in [6.45, 7) is 0.884. The van der Waals surface area contributed by atoms with Crippen LogP contribution in [0.3, 0.4) is 0 Å². The summed E-state index contributed by atoms with van der Waals surface area (Å²) in [4.78, 5) is 16.4. The molecule has 0 fully saturated rings. The van der Waals surface area contributed by atoms with Crippen LogP contribution in [-0.4, -0.2) is 39.0 Å². The molecule has 5 rings (SSSR count). The second-order valence-corrected chi connectivity index (χ2v) is 8.31. The molecule has 0 radical (unpaired) electrons. The van der Waals surface area contributed by atoms with Crippen molar-refractivity contribution in [2.75, 3.05) is 19.1 Å². The van der Waals surface area contributed by atoms with Gasteiger partial charge in [-0.1, -0.05) is 6.07 Å². The van der Waals surface area contributed by atoms with Crippen molar-refractivity contribution < 1.29 is 9.47 Å². The molecule has 3 aromatic heterocycles. The van der Waals surface area contributed by atoms with Crippen molar-refractivity contribution in [3.05, 3.63) is 84.6 Å². The number of pyridine rings is 1. The molecule has 2 aromatic carbocycles. The molecule has 0 amide bonds. The summed E-state index contributed by atoms with van der Waals surface area (Å²) in [5.74, 6) is 1.38. The number of fused-ring (bicyclic) bond motifs is 1. The van der Waals surface area contributed by atoms with Crippen molar-refractivity contribution in [2.45, 2.75) is 13.1 Å². The van der Waals surface area contributed by atoms with Gasteiger partial charge in [0.15, 0.2) is 0 Å². The van der Waals surface area contributed by atoms with E-state index in [2.05, 4.69) is 15.0 Å². The fourth-order valence-corrected chi connectivity index (χ4v) is 4.03. The molecular formula is C27H27N7O2. The summed E-state index contributed by atoms with van der Waals surface area (Å²) >= 11 is 0. The van der Waals surface area contributed by atoms with Gasteiger partial charge < -0.3 is 20.1 Å². The number of aryl methyl sites for hydroxylation is 1. The summed E-state index contributed by atoms with van der Waals surface area (Å²) in [5, 5.41) is 4.25. The van der Waals surface area contributed by atoms with E-state index in [9.17, 15) is 0 Å². The Hall–Kier alpha value is -4.50. The van der Waals surface area contributed by atoms with Crippen molar-refractivity contribution in [3.63, 3.8) is 0 Å². The normalized spacial score (nSPS) is 11.0. The lowest BCUT2D eigenvalue weighted by molar-refractivity contribution is 0.394. The van der Waals surface area contributed by atoms with Crippen molar-refractivity contribution in [1.29, 1.82) is 0 Å². The van der Waals surface area contributed by atoms with Gasteiger partial charge in [-0.3, -0.25) is 14.6 Å². The largest absolute Gasteiger partial charge is 0.497 e. The number of hydrogen-bond acceptors (Lipinski definition) is 8. The lowest BCUT2D eigenvalue weighted by atomic mass is 10.1. The SMILES string of the molecule is COc1cc(OC)cc(N(Cc2cccc(CN)n2)c2ccc3ncc(-c4cnn(C)c4)nc3c2)c1. The third-order valence-electron chi connectivity index (χ3n) is 5.88. The van der Waals surface area contributed by atoms with Gasteiger partial charge in [-0.05, 0) is 30.3 Å². The molecule has 182 valence electrons. The maximum absolute atomic E-state index is 5.84. The highest BCUT2D eigenvalue weighted by Gasteiger charge is 2.16. The molecule has 0 aliphatic carbocycles. The highest BCUT2D eigenvalue weighted by atomic mass is 16.5. The van der Waals surface area contributed by atoms with Crippen molar-refractivity contribution in [3.8, 4) is 22.8 Å². The molecule has 9 heteroatoms. The lowest BCUT2D eigenvalue weighted by Crippen LogP contribution is -2.18. The number of rotatable bonds is 8. The Labute approximate surface area is 209 Å². The first-order valence-electron chi connectivity index (χ1n) is 11.5. The van der Waals surface area contributed by atoms with Gasteiger partial charge in [0.2, 0.25) is 0 Å². The highest BCUT2D eigenvalue weighted by Crippen LogP contribution is 2.35. The minimum Gasteiger partial charge on any atom is -0.497 e. The first-order chi connectivity index (χ1) is 17.6. The van der Waals surface area contributed by atoms with Crippen LogP contribution in [-0.2, 0) is 20.1 Å². The second-order valence-electron chi connectivity index (χ2n) is 8.31. The minimum absolute atomic E-state index is 0.378. The number of ether oxygens (including phenoxy) is 2. The molecule has 0 saturated heterocycles. The Morgan fingerprint density at radius 2 is 1.64 bits per heavy atom. The molecule has 9 nitrogen and oxygen atoms in total. The molecular weight excluding hydrogens is 454 g/mol. The van der Waals surface area contributed by atoms with E-state index in [1.165, 1.54) is 0 Å². The molecule has 0 spiro atoms. The average molecular weight is 482 g/mol. The zero-order valence-electron chi connectivity index (χ0n) is 20.4. The molecule has 3 heterocycles. The first kappa shape index (κ1) is 23.3. The van der Waals surface area contributed by atoms with E-state index in [-0.39, 0.29) is 0 Å². The highest BCUT2D eigenvalue weighted by molar-refractivity contribution is 5.82. The van der Waals surface area contributed by atoms with Crippen LogP contribution in [0.5, 0.6) is 11.5 Å². The van der Waals surface area contributed by atoms with E-state index >= 15 is 0 Å². The Balaban J connectivity index is 1.62. The van der Waals surface area contributed by atoms with Gasteiger partial charge in [-0.2, -0.15) is 5.10 Å². The van der Waals surface area contributed by atoms with Gasteiger partial charge in [0, 0.05) is 54.9 Å². The van der Waals surface area contributed by atoms with Crippen LogP contribution >= 0.6 is 0 Å². The number of methoxy groups -OCH3 is 2. The predicted molar refractivity (Wildman–Crippen MR) is 139 cm³/mol. The molecule has 0 aliphatic rings. The Bertz CT molecular complexity index is 1490. The van der Waals surface area contributed by atoms with Gasteiger partial charge >= 0.3 is 0 Å². The van der Waals surface area contributed by atoms with Crippen molar-refractivity contribution in [2.24, 2.45) is 12.8 Å². The van der Waals surface area contributed by atoms with E-state index in [4.69, 9.17) is 25.2 Å². The van der Waals surface area contributed by atoms with Crippen LogP contribution in [0.15, 0.2) is 73.2 Å². The number of anilines is 2. The number of hydrogen-bond donors (Lipinski definition) is 1.